The van der Waals surface area contributed by atoms with Crippen LogP contribution < -0.4 is 0 Å². The second-order valence-corrected chi connectivity index (χ2v) is 17.4. The molecule has 0 bridgehead atoms. The molecule has 0 unspecified atom stereocenters. The van der Waals surface area contributed by atoms with Crippen LogP contribution in [0.25, 0.3) is 66.1 Å². The Bertz CT molecular complexity index is 3210. The molecule has 0 saturated heterocycles. The minimum Gasteiger partial charge on any atom is -0.309 e. The number of rotatable bonds is 7. The first-order valence-electron chi connectivity index (χ1n) is 21.3. The predicted molar refractivity (Wildman–Crippen MR) is 258 cm³/mol. The van der Waals surface area contributed by atoms with Gasteiger partial charge < -0.3 is 9.13 Å². The Morgan fingerprint density at radius 3 is 1.25 bits per heavy atom. The van der Waals surface area contributed by atoms with Crippen LogP contribution in [0.2, 0.25) is 0 Å². The van der Waals surface area contributed by atoms with Crippen LogP contribution in [0.5, 0.6) is 0 Å². The lowest BCUT2D eigenvalue weighted by molar-refractivity contribution is 0.591. The van der Waals surface area contributed by atoms with Gasteiger partial charge in [0, 0.05) is 32.9 Å². The molecule has 11 rings (SSSR count). The molecule has 11 aromatic rings. The van der Waals surface area contributed by atoms with Gasteiger partial charge in [-0.2, -0.15) is 0 Å². The first-order valence-corrected chi connectivity index (χ1v) is 21.3. The summed E-state index contributed by atoms with van der Waals surface area (Å²) in [5, 5.41) is 5.04. The molecule has 2 heterocycles. The number of hydrogen-bond acceptors (Lipinski definition) is 0. The normalized spacial score (nSPS) is 12.2. The summed E-state index contributed by atoms with van der Waals surface area (Å²) in [4.78, 5) is 0. The van der Waals surface area contributed by atoms with Crippen molar-refractivity contribution in [2.45, 2.75) is 31.6 Å². The molecule has 0 aliphatic carbocycles. The van der Waals surface area contributed by atoms with Crippen LogP contribution >= 0.6 is 0 Å². The fourth-order valence-corrected chi connectivity index (χ4v) is 9.89. The number of aromatic nitrogens is 2. The van der Waals surface area contributed by atoms with Gasteiger partial charge in [-0.1, -0.05) is 185 Å². The molecular weight excluding hydrogens is 737 g/mol. The van der Waals surface area contributed by atoms with E-state index < -0.39 is 5.41 Å². The fraction of sp³-hybridized carbons (Fsp3) is 0.0847. The lowest BCUT2D eigenvalue weighted by Crippen LogP contribution is -2.30. The van der Waals surface area contributed by atoms with Gasteiger partial charge >= 0.3 is 0 Å². The van der Waals surface area contributed by atoms with Crippen LogP contribution in [0.1, 0.15) is 48.6 Å². The van der Waals surface area contributed by atoms with Gasteiger partial charge in [-0.3, -0.25) is 0 Å². The van der Waals surface area contributed by atoms with Crippen LogP contribution in [0.4, 0.5) is 0 Å². The molecule has 61 heavy (non-hydrogen) atoms. The van der Waals surface area contributed by atoms with Crippen LogP contribution in [0, 0.1) is 0 Å². The van der Waals surface area contributed by atoms with Crippen LogP contribution in [0.3, 0.4) is 0 Å². The third-order valence-corrected chi connectivity index (χ3v) is 12.8. The zero-order chi connectivity index (χ0) is 41.1. The van der Waals surface area contributed by atoms with Gasteiger partial charge in [0.15, 0.2) is 0 Å². The van der Waals surface area contributed by atoms with E-state index in [0.29, 0.717) is 0 Å². The minimum absolute atomic E-state index is 0.00247. The minimum atomic E-state index is -0.538. The zero-order valence-electron chi connectivity index (χ0n) is 34.8. The number of para-hydroxylation sites is 2. The second kappa shape index (κ2) is 14.4. The van der Waals surface area contributed by atoms with Gasteiger partial charge in [0.1, 0.15) is 0 Å². The molecule has 0 fully saturated rings. The molecule has 2 aromatic heterocycles. The average Bonchev–Trinajstić information content (AvgIpc) is 3.83. The third kappa shape index (κ3) is 5.93. The summed E-state index contributed by atoms with van der Waals surface area (Å²) in [6.45, 7) is 6.91. The summed E-state index contributed by atoms with van der Waals surface area (Å²) in [6.07, 6.45) is 0. The van der Waals surface area contributed by atoms with Crippen molar-refractivity contribution in [3.63, 3.8) is 0 Å². The lowest BCUT2D eigenvalue weighted by atomic mass is 9.65. The summed E-state index contributed by atoms with van der Waals surface area (Å²) >= 11 is 0. The van der Waals surface area contributed by atoms with E-state index in [1.807, 2.05) is 0 Å². The largest absolute Gasteiger partial charge is 0.309 e. The Morgan fingerprint density at radius 2 is 0.721 bits per heavy atom. The lowest BCUT2D eigenvalue weighted by Gasteiger charge is -2.37. The maximum Gasteiger partial charge on any atom is 0.0701 e. The zero-order valence-corrected chi connectivity index (χ0v) is 34.8. The van der Waals surface area contributed by atoms with Crippen molar-refractivity contribution in [1.29, 1.82) is 0 Å². The first kappa shape index (κ1) is 36.6. The standard InChI is InChI=1S/C59H46N2/c1-58(2,3)46-32-36-56-52(39-46)53-40-47(59(43-19-7-4-8-20-43,44-21-9-5-10-22-44)45-23-11-6-12-24-45)33-37-57(53)60(56)48-34-30-41(31-35-48)42-18-17-25-49(38-42)61-54-28-15-13-26-50(54)51-27-14-16-29-55(51)61/h4-40H,1-3H3. The molecule has 0 saturated carbocycles. The molecule has 0 atom stereocenters. The van der Waals surface area contributed by atoms with E-state index in [9.17, 15) is 0 Å². The molecular formula is C59H46N2. The quantitative estimate of drug-likeness (QED) is 0.143. The Kier molecular flexibility index (Phi) is 8.65. The monoisotopic (exact) mass is 782 g/mol. The number of nitrogens with zero attached hydrogens (tertiary/aromatic N) is 2. The number of fused-ring (bicyclic) bond motifs is 6. The molecule has 2 nitrogen and oxygen atoms in total. The van der Waals surface area contributed by atoms with Crippen LogP contribution in [0.15, 0.2) is 224 Å². The SMILES string of the molecule is CC(C)(C)c1ccc2c(c1)c1cc(C(c3ccccc3)(c3ccccc3)c3ccccc3)ccc1n2-c1ccc(-c2cccc(-n3c4ccccc4c4ccccc43)c2)cc1. The molecule has 0 radical (unpaired) electrons. The van der Waals surface area contributed by atoms with Crippen molar-refractivity contribution in [1.82, 2.24) is 9.13 Å². The highest BCUT2D eigenvalue weighted by Gasteiger charge is 2.38. The molecule has 0 aliphatic rings. The van der Waals surface area contributed by atoms with Gasteiger partial charge in [0.2, 0.25) is 0 Å². The van der Waals surface area contributed by atoms with E-state index in [0.717, 1.165) is 11.4 Å². The molecule has 2 heteroatoms. The Balaban J connectivity index is 1.08. The van der Waals surface area contributed by atoms with Crippen LogP contribution in [-0.4, -0.2) is 9.13 Å². The van der Waals surface area contributed by atoms with Gasteiger partial charge in [0.05, 0.1) is 27.5 Å². The van der Waals surface area contributed by atoms with E-state index in [-0.39, 0.29) is 5.41 Å². The highest BCUT2D eigenvalue weighted by atomic mass is 15.0. The molecule has 0 aliphatic heterocycles. The van der Waals surface area contributed by atoms with Gasteiger partial charge in [-0.05, 0) is 105 Å². The van der Waals surface area contributed by atoms with E-state index in [2.05, 4.69) is 254 Å². The van der Waals surface area contributed by atoms with Crippen molar-refractivity contribution in [3.05, 3.63) is 252 Å². The summed E-state index contributed by atoms with van der Waals surface area (Å²) in [5.41, 5.74) is 15.2. The highest BCUT2D eigenvalue weighted by molar-refractivity contribution is 6.11. The van der Waals surface area contributed by atoms with Crippen molar-refractivity contribution in [2.24, 2.45) is 0 Å². The topological polar surface area (TPSA) is 9.86 Å². The molecule has 9 aromatic carbocycles. The van der Waals surface area contributed by atoms with Gasteiger partial charge in [-0.25, -0.2) is 0 Å². The third-order valence-electron chi connectivity index (χ3n) is 12.8. The number of benzene rings is 9. The number of hydrogen-bond donors (Lipinski definition) is 0. The molecule has 0 spiro atoms. The van der Waals surface area contributed by atoms with E-state index >= 15 is 0 Å². The van der Waals surface area contributed by atoms with Crippen LogP contribution in [-0.2, 0) is 10.8 Å². The van der Waals surface area contributed by atoms with Crippen molar-refractivity contribution in [2.75, 3.05) is 0 Å². The second-order valence-electron chi connectivity index (χ2n) is 17.4. The van der Waals surface area contributed by atoms with E-state index in [4.69, 9.17) is 0 Å². The summed E-state index contributed by atoms with van der Waals surface area (Å²) in [6, 6.07) is 82.8. The highest BCUT2D eigenvalue weighted by Crippen LogP contribution is 2.47. The van der Waals surface area contributed by atoms with Gasteiger partial charge in [-0.15, -0.1) is 0 Å². The summed E-state index contributed by atoms with van der Waals surface area (Å²) in [5.74, 6) is 0. The van der Waals surface area contributed by atoms with Crippen molar-refractivity contribution >= 4 is 43.6 Å². The summed E-state index contributed by atoms with van der Waals surface area (Å²) < 4.78 is 4.84. The van der Waals surface area contributed by atoms with E-state index in [1.165, 1.54) is 82.6 Å². The molecule has 292 valence electrons. The maximum absolute atomic E-state index is 2.47. The Morgan fingerprint density at radius 1 is 0.279 bits per heavy atom. The Labute approximate surface area is 357 Å². The van der Waals surface area contributed by atoms with Gasteiger partial charge in [0.25, 0.3) is 0 Å². The maximum atomic E-state index is 2.47. The average molecular weight is 783 g/mol. The molecule has 0 amide bonds. The smallest absolute Gasteiger partial charge is 0.0701 e. The summed E-state index contributed by atoms with van der Waals surface area (Å²) in [7, 11) is 0. The Hall–Kier alpha value is -7.42. The molecule has 0 N–H and O–H groups in total. The predicted octanol–water partition coefficient (Wildman–Crippen LogP) is 15.2. The fourth-order valence-electron chi connectivity index (χ4n) is 9.89. The van der Waals surface area contributed by atoms with Crippen molar-refractivity contribution < 1.29 is 0 Å². The van der Waals surface area contributed by atoms with E-state index in [1.54, 1.807) is 0 Å². The first-order chi connectivity index (χ1) is 29.9. The van der Waals surface area contributed by atoms with Crippen molar-refractivity contribution in [3.8, 4) is 22.5 Å².